The van der Waals surface area contributed by atoms with Gasteiger partial charge in [-0.3, -0.25) is 19.8 Å². The number of halogens is 1. The predicted molar refractivity (Wildman–Crippen MR) is 134 cm³/mol. The summed E-state index contributed by atoms with van der Waals surface area (Å²) in [5, 5.41) is 11.3. The first-order valence-electron chi connectivity index (χ1n) is 10.8. The van der Waals surface area contributed by atoms with E-state index in [1.54, 1.807) is 21.9 Å². The first-order chi connectivity index (χ1) is 15.8. The van der Waals surface area contributed by atoms with Gasteiger partial charge in [-0.05, 0) is 82.5 Å². The van der Waals surface area contributed by atoms with Gasteiger partial charge < -0.3 is 9.64 Å². The molecule has 2 fully saturated rings. The predicted octanol–water partition coefficient (Wildman–Crippen LogP) is 5.67. The van der Waals surface area contributed by atoms with Crippen molar-refractivity contribution in [2.24, 2.45) is 0 Å². The van der Waals surface area contributed by atoms with E-state index < -0.39 is 4.92 Å². The maximum absolute atomic E-state index is 13.2. The SMILES string of the molecule is CN1C(=S)N(C2CCCCC2)C(=O)/C1=C/c1ccc(OCc2ccc([N+](=O)[O-])cc2)c(Br)c1. The number of nitro groups is 1. The maximum atomic E-state index is 13.2. The summed E-state index contributed by atoms with van der Waals surface area (Å²) in [6.45, 7) is 0.281. The highest BCUT2D eigenvalue weighted by molar-refractivity contribution is 9.10. The van der Waals surface area contributed by atoms with Crippen molar-refractivity contribution in [1.82, 2.24) is 9.80 Å². The molecule has 0 bridgehead atoms. The van der Waals surface area contributed by atoms with Crippen LogP contribution < -0.4 is 4.74 Å². The fourth-order valence-electron chi connectivity index (χ4n) is 4.19. The second-order valence-corrected chi connectivity index (χ2v) is 9.46. The Labute approximate surface area is 206 Å². The standard InChI is InChI=1S/C24H24BrN3O4S/c1-26-21(23(29)27(24(26)33)18-5-3-2-4-6-18)14-17-9-12-22(20(25)13-17)32-15-16-7-10-19(11-8-16)28(30)31/h7-14,18H,2-6,15H2,1H3/b21-14-. The molecular weight excluding hydrogens is 506 g/mol. The van der Waals surface area contributed by atoms with Crippen molar-refractivity contribution in [3.05, 3.63) is 73.9 Å². The molecule has 1 amide bonds. The largest absolute Gasteiger partial charge is 0.488 e. The minimum Gasteiger partial charge on any atom is -0.488 e. The van der Waals surface area contributed by atoms with E-state index in [0.29, 0.717) is 16.6 Å². The molecule has 1 saturated carbocycles. The van der Waals surface area contributed by atoms with E-state index in [9.17, 15) is 14.9 Å². The summed E-state index contributed by atoms with van der Waals surface area (Å²) < 4.78 is 6.61. The molecule has 7 nitrogen and oxygen atoms in total. The van der Waals surface area contributed by atoms with Gasteiger partial charge in [-0.15, -0.1) is 0 Å². The molecule has 2 aromatic rings. The third-order valence-corrected chi connectivity index (χ3v) is 7.12. The Morgan fingerprint density at radius 1 is 1.18 bits per heavy atom. The molecule has 0 spiro atoms. The van der Waals surface area contributed by atoms with Crippen molar-refractivity contribution < 1.29 is 14.5 Å². The van der Waals surface area contributed by atoms with Gasteiger partial charge in [0.05, 0.1) is 9.40 Å². The van der Waals surface area contributed by atoms with Crippen LogP contribution in [0.3, 0.4) is 0 Å². The number of non-ortho nitro benzene ring substituents is 1. The molecule has 0 N–H and O–H groups in total. The van der Waals surface area contributed by atoms with Crippen molar-refractivity contribution in [1.29, 1.82) is 0 Å². The van der Waals surface area contributed by atoms with Gasteiger partial charge in [-0.2, -0.15) is 0 Å². The number of rotatable bonds is 6. The minimum absolute atomic E-state index is 0.0379. The Hall–Kier alpha value is -2.78. The van der Waals surface area contributed by atoms with Crippen molar-refractivity contribution >= 4 is 50.9 Å². The number of carbonyl (C=O) groups excluding carboxylic acids is 1. The van der Waals surface area contributed by atoms with E-state index in [-0.39, 0.29) is 24.2 Å². The zero-order valence-electron chi connectivity index (χ0n) is 18.2. The molecule has 33 heavy (non-hydrogen) atoms. The van der Waals surface area contributed by atoms with Crippen molar-refractivity contribution in [2.75, 3.05) is 7.05 Å². The zero-order chi connectivity index (χ0) is 23.5. The second-order valence-electron chi connectivity index (χ2n) is 8.24. The molecule has 1 saturated heterocycles. The van der Waals surface area contributed by atoms with Crippen LogP contribution in [0.2, 0.25) is 0 Å². The van der Waals surface area contributed by atoms with Gasteiger partial charge in [0.15, 0.2) is 5.11 Å². The van der Waals surface area contributed by atoms with Crippen LogP contribution in [0, 0.1) is 10.1 Å². The Kier molecular flexibility index (Phi) is 7.09. The first kappa shape index (κ1) is 23.4. The lowest BCUT2D eigenvalue weighted by molar-refractivity contribution is -0.384. The van der Waals surface area contributed by atoms with Gasteiger partial charge in [-0.1, -0.05) is 25.3 Å². The molecule has 4 rings (SSSR count). The number of ether oxygens (including phenoxy) is 1. The minimum atomic E-state index is -0.429. The number of benzene rings is 2. The summed E-state index contributed by atoms with van der Waals surface area (Å²) in [5.74, 6) is 0.602. The number of thiocarbonyl (C=S) groups is 1. The average molecular weight is 530 g/mol. The smallest absolute Gasteiger partial charge is 0.277 e. The molecule has 1 heterocycles. The molecular formula is C24H24BrN3O4S. The zero-order valence-corrected chi connectivity index (χ0v) is 20.6. The normalized spacial score (nSPS) is 18.3. The molecule has 0 aromatic heterocycles. The molecule has 0 unspecified atom stereocenters. The van der Waals surface area contributed by atoms with Gasteiger partial charge >= 0.3 is 0 Å². The lowest BCUT2D eigenvalue weighted by Gasteiger charge is -2.30. The van der Waals surface area contributed by atoms with E-state index in [4.69, 9.17) is 17.0 Å². The van der Waals surface area contributed by atoms with Crippen LogP contribution in [0.4, 0.5) is 5.69 Å². The summed E-state index contributed by atoms with van der Waals surface area (Å²) in [7, 11) is 1.84. The number of amides is 1. The quantitative estimate of drug-likeness (QED) is 0.207. The number of carbonyl (C=O) groups is 1. The third kappa shape index (κ3) is 5.09. The molecule has 0 radical (unpaired) electrons. The van der Waals surface area contributed by atoms with Crippen LogP contribution in [-0.2, 0) is 11.4 Å². The number of hydrogen-bond donors (Lipinski definition) is 0. The van der Waals surface area contributed by atoms with Crippen molar-refractivity contribution in [2.45, 2.75) is 44.8 Å². The van der Waals surface area contributed by atoms with E-state index >= 15 is 0 Å². The molecule has 172 valence electrons. The summed E-state index contributed by atoms with van der Waals surface area (Å²) in [6.07, 6.45) is 7.33. The summed E-state index contributed by atoms with van der Waals surface area (Å²) in [6, 6.07) is 12.1. The Bertz CT molecular complexity index is 1110. The second kappa shape index (κ2) is 10.0. The topological polar surface area (TPSA) is 75.9 Å². The van der Waals surface area contributed by atoms with E-state index in [1.807, 2.05) is 31.3 Å². The van der Waals surface area contributed by atoms with E-state index in [2.05, 4.69) is 15.9 Å². The Morgan fingerprint density at radius 2 is 1.88 bits per heavy atom. The summed E-state index contributed by atoms with van der Waals surface area (Å²) in [5.41, 5.74) is 2.29. The van der Waals surface area contributed by atoms with Crippen LogP contribution in [0.5, 0.6) is 5.75 Å². The van der Waals surface area contributed by atoms with Crippen LogP contribution in [-0.4, -0.2) is 38.8 Å². The molecule has 2 aliphatic rings. The Balaban J connectivity index is 1.46. The molecule has 0 atom stereocenters. The summed E-state index contributed by atoms with van der Waals surface area (Å²) >= 11 is 9.13. The van der Waals surface area contributed by atoms with Gasteiger partial charge in [0, 0.05) is 25.2 Å². The van der Waals surface area contributed by atoms with Crippen LogP contribution >= 0.6 is 28.1 Å². The Morgan fingerprint density at radius 3 is 2.52 bits per heavy atom. The van der Waals surface area contributed by atoms with Crippen LogP contribution in [0.15, 0.2) is 52.6 Å². The van der Waals surface area contributed by atoms with Gasteiger partial charge in [0.1, 0.15) is 18.1 Å². The molecule has 9 heteroatoms. The first-order valence-corrected chi connectivity index (χ1v) is 12.0. The third-order valence-electron chi connectivity index (χ3n) is 6.03. The number of hydrogen-bond acceptors (Lipinski definition) is 5. The van der Waals surface area contributed by atoms with Crippen molar-refractivity contribution in [3.8, 4) is 5.75 Å². The van der Waals surface area contributed by atoms with Gasteiger partial charge in [0.2, 0.25) is 0 Å². The average Bonchev–Trinajstić information content (AvgIpc) is 3.02. The highest BCUT2D eigenvalue weighted by Crippen LogP contribution is 2.32. The highest BCUT2D eigenvalue weighted by atomic mass is 79.9. The lowest BCUT2D eigenvalue weighted by Crippen LogP contribution is -2.41. The fourth-order valence-corrected chi connectivity index (χ4v) is 5.04. The molecule has 1 aliphatic heterocycles. The van der Waals surface area contributed by atoms with Gasteiger partial charge in [-0.25, -0.2) is 0 Å². The van der Waals surface area contributed by atoms with Crippen LogP contribution in [0.1, 0.15) is 43.2 Å². The van der Waals surface area contributed by atoms with Crippen LogP contribution in [0.25, 0.3) is 6.08 Å². The lowest BCUT2D eigenvalue weighted by atomic mass is 9.94. The summed E-state index contributed by atoms with van der Waals surface area (Å²) in [4.78, 5) is 27.1. The number of nitro benzene ring substituents is 1. The number of likely N-dealkylation sites (N-methyl/N-ethyl adjacent to an activating group) is 1. The molecule has 2 aromatic carbocycles. The monoisotopic (exact) mass is 529 g/mol. The van der Waals surface area contributed by atoms with Crippen molar-refractivity contribution in [3.63, 3.8) is 0 Å². The van der Waals surface area contributed by atoms with Gasteiger partial charge in [0.25, 0.3) is 11.6 Å². The number of nitrogens with zero attached hydrogens (tertiary/aromatic N) is 3. The highest BCUT2D eigenvalue weighted by Gasteiger charge is 2.40. The molecule has 1 aliphatic carbocycles. The van der Waals surface area contributed by atoms with E-state index in [0.717, 1.165) is 41.3 Å². The fraction of sp³-hybridized carbons (Fsp3) is 0.333. The van der Waals surface area contributed by atoms with E-state index in [1.165, 1.54) is 18.6 Å². The maximum Gasteiger partial charge on any atom is 0.277 e.